The van der Waals surface area contributed by atoms with Gasteiger partial charge in [0.2, 0.25) is 0 Å². The van der Waals surface area contributed by atoms with E-state index < -0.39 is 0 Å². The van der Waals surface area contributed by atoms with Gasteiger partial charge in [0.1, 0.15) is 5.82 Å². The van der Waals surface area contributed by atoms with Gasteiger partial charge in [-0.3, -0.25) is 4.98 Å². The zero-order chi connectivity index (χ0) is 11.3. The normalized spacial score (nSPS) is 14.9. The van der Waals surface area contributed by atoms with E-state index >= 15 is 0 Å². The second-order valence-electron chi connectivity index (χ2n) is 3.84. The minimum absolute atomic E-state index is 0.223. The summed E-state index contributed by atoms with van der Waals surface area (Å²) < 4.78 is 12.7. The minimum Gasteiger partial charge on any atom is -0.306 e. The minimum atomic E-state index is -0.280. The molecular formula is C12H19FN2. The second kappa shape index (κ2) is 5.81. The maximum Gasteiger partial charge on any atom is 0.141 e. The van der Waals surface area contributed by atoms with E-state index in [1.54, 1.807) is 6.07 Å². The van der Waals surface area contributed by atoms with Crippen LogP contribution >= 0.6 is 0 Å². The Morgan fingerprint density at radius 1 is 1.33 bits per heavy atom. The molecule has 0 aliphatic heterocycles. The Bertz CT molecular complexity index is 284. The predicted octanol–water partition coefficient (Wildman–Crippen LogP) is 3.06. The summed E-state index contributed by atoms with van der Waals surface area (Å²) in [7, 11) is 0. The summed E-state index contributed by atoms with van der Waals surface area (Å²) >= 11 is 0. The second-order valence-corrected chi connectivity index (χ2v) is 3.84. The molecule has 0 aliphatic rings. The zero-order valence-electron chi connectivity index (χ0n) is 9.63. The number of hydrogen-bond acceptors (Lipinski definition) is 2. The summed E-state index contributed by atoms with van der Waals surface area (Å²) in [4.78, 5) is 4.10. The van der Waals surface area contributed by atoms with Crippen LogP contribution in [0.15, 0.2) is 18.3 Å². The average Bonchev–Trinajstić information content (AvgIpc) is 2.27. The van der Waals surface area contributed by atoms with E-state index in [1.165, 1.54) is 12.3 Å². The van der Waals surface area contributed by atoms with Gasteiger partial charge >= 0.3 is 0 Å². The first-order chi connectivity index (χ1) is 7.17. The van der Waals surface area contributed by atoms with Gasteiger partial charge in [-0.15, -0.1) is 0 Å². The summed E-state index contributed by atoms with van der Waals surface area (Å²) in [6, 6.07) is 3.89. The van der Waals surface area contributed by atoms with Crippen molar-refractivity contribution in [3.8, 4) is 0 Å². The summed E-state index contributed by atoms with van der Waals surface area (Å²) in [6.45, 7) is 6.39. The monoisotopic (exact) mass is 210 g/mol. The molecule has 0 aliphatic carbocycles. The average molecular weight is 210 g/mol. The van der Waals surface area contributed by atoms with Gasteiger partial charge in [0, 0.05) is 12.1 Å². The highest BCUT2D eigenvalue weighted by Gasteiger charge is 2.12. The molecule has 0 fully saturated rings. The molecule has 1 aromatic rings. The molecule has 0 saturated carbocycles. The van der Waals surface area contributed by atoms with Gasteiger partial charge in [-0.25, -0.2) is 4.39 Å². The highest BCUT2D eigenvalue weighted by Crippen LogP contribution is 2.15. The molecule has 1 heterocycles. The Kier molecular flexibility index (Phi) is 4.69. The number of hydrogen-bond donors (Lipinski definition) is 1. The van der Waals surface area contributed by atoms with Crippen molar-refractivity contribution in [3.63, 3.8) is 0 Å². The quantitative estimate of drug-likeness (QED) is 0.808. The Hall–Kier alpha value is -0.960. The Morgan fingerprint density at radius 2 is 2.07 bits per heavy atom. The molecule has 2 unspecified atom stereocenters. The fourth-order valence-electron chi connectivity index (χ4n) is 1.47. The van der Waals surface area contributed by atoms with Crippen LogP contribution in [0.2, 0.25) is 0 Å². The number of aromatic nitrogens is 1. The van der Waals surface area contributed by atoms with Gasteiger partial charge in [-0.2, -0.15) is 0 Å². The lowest BCUT2D eigenvalue weighted by Crippen LogP contribution is -2.30. The molecule has 0 bridgehead atoms. The van der Waals surface area contributed by atoms with Crippen molar-refractivity contribution in [3.05, 3.63) is 29.8 Å². The van der Waals surface area contributed by atoms with Crippen molar-refractivity contribution in [2.45, 2.75) is 45.7 Å². The van der Waals surface area contributed by atoms with Crippen LogP contribution in [0.5, 0.6) is 0 Å². The van der Waals surface area contributed by atoms with Crippen LogP contribution in [0.1, 0.15) is 45.3 Å². The lowest BCUT2D eigenvalue weighted by Gasteiger charge is -2.20. The molecule has 2 nitrogen and oxygen atoms in total. The Labute approximate surface area is 90.9 Å². The first-order valence-corrected chi connectivity index (χ1v) is 5.54. The smallest absolute Gasteiger partial charge is 0.141 e. The fourth-order valence-corrected chi connectivity index (χ4v) is 1.47. The topological polar surface area (TPSA) is 24.9 Å². The van der Waals surface area contributed by atoms with Gasteiger partial charge < -0.3 is 5.32 Å². The van der Waals surface area contributed by atoms with Crippen molar-refractivity contribution in [2.75, 3.05) is 0 Å². The number of nitrogens with zero attached hydrogens (tertiary/aromatic N) is 1. The van der Waals surface area contributed by atoms with Crippen LogP contribution in [0.4, 0.5) is 4.39 Å². The largest absolute Gasteiger partial charge is 0.306 e. The van der Waals surface area contributed by atoms with Gasteiger partial charge in [0.25, 0.3) is 0 Å². The molecule has 15 heavy (non-hydrogen) atoms. The third-order valence-electron chi connectivity index (χ3n) is 2.61. The molecule has 1 rings (SSSR count). The standard InChI is InChI=1S/C12H19FN2/c1-4-9(3)15-11(5-2)12-7-6-10(13)8-14-12/h6-9,11,15H,4-5H2,1-3H3. The fraction of sp³-hybridized carbons (Fsp3) is 0.583. The van der Waals surface area contributed by atoms with Crippen molar-refractivity contribution in [1.82, 2.24) is 10.3 Å². The van der Waals surface area contributed by atoms with Crippen LogP contribution in [-0.4, -0.2) is 11.0 Å². The van der Waals surface area contributed by atoms with Gasteiger partial charge in [0.15, 0.2) is 0 Å². The van der Waals surface area contributed by atoms with Crippen LogP contribution in [0.3, 0.4) is 0 Å². The number of rotatable bonds is 5. The molecule has 3 heteroatoms. The first-order valence-electron chi connectivity index (χ1n) is 5.54. The molecule has 1 N–H and O–H groups in total. The molecule has 0 radical (unpaired) electrons. The van der Waals surface area contributed by atoms with Crippen LogP contribution in [0.25, 0.3) is 0 Å². The van der Waals surface area contributed by atoms with Crippen LogP contribution < -0.4 is 5.32 Å². The summed E-state index contributed by atoms with van der Waals surface area (Å²) in [5, 5.41) is 3.47. The van der Waals surface area contributed by atoms with Gasteiger partial charge in [0.05, 0.1) is 11.9 Å². The third kappa shape index (κ3) is 3.59. The number of nitrogens with one attached hydrogen (secondary N) is 1. The summed E-state index contributed by atoms with van der Waals surface area (Å²) in [5.74, 6) is -0.280. The molecule has 2 atom stereocenters. The molecule has 0 aromatic carbocycles. The van der Waals surface area contributed by atoms with E-state index in [0.29, 0.717) is 6.04 Å². The van der Waals surface area contributed by atoms with Crippen LogP contribution in [-0.2, 0) is 0 Å². The molecule has 84 valence electrons. The van der Waals surface area contributed by atoms with Crippen molar-refractivity contribution in [2.24, 2.45) is 0 Å². The van der Waals surface area contributed by atoms with Crippen molar-refractivity contribution >= 4 is 0 Å². The molecular weight excluding hydrogens is 191 g/mol. The van der Waals surface area contributed by atoms with E-state index in [4.69, 9.17) is 0 Å². The predicted molar refractivity (Wildman–Crippen MR) is 60.1 cm³/mol. The number of pyridine rings is 1. The maximum atomic E-state index is 12.7. The maximum absolute atomic E-state index is 12.7. The van der Waals surface area contributed by atoms with E-state index in [2.05, 4.69) is 31.1 Å². The molecule has 0 saturated heterocycles. The van der Waals surface area contributed by atoms with E-state index in [-0.39, 0.29) is 11.9 Å². The highest BCUT2D eigenvalue weighted by molar-refractivity contribution is 5.09. The SMILES string of the molecule is CCC(C)NC(CC)c1ccc(F)cn1. The highest BCUT2D eigenvalue weighted by atomic mass is 19.1. The summed E-state index contributed by atoms with van der Waals surface area (Å²) in [5.41, 5.74) is 0.916. The zero-order valence-corrected chi connectivity index (χ0v) is 9.63. The van der Waals surface area contributed by atoms with Crippen molar-refractivity contribution < 1.29 is 4.39 Å². The van der Waals surface area contributed by atoms with Crippen molar-refractivity contribution in [1.29, 1.82) is 0 Å². The van der Waals surface area contributed by atoms with Gasteiger partial charge in [-0.1, -0.05) is 13.8 Å². The summed E-state index contributed by atoms with van der Waals surface area (Å²) in [6.07, 6.45) is 3.32. The molecule has 0 spiro atoms. The van der Waals surface area contributed by atoms with Gasteiger partial charge in [-0.05, 0) is 31.9 Å². The lowest BCUT2D eigenvalue weighted by atomic mass is 10.1. The van der Waals surface area contributed by atoms with E-state index in [0.717, 1.165) is 18.5 Å². The molecule has 0 amide bonds. The van der Waals surface area contributed by atoms with E-state index in [1.807, 2.05) is 0 Å². The first kappa shape index (κ1) is 12.1. The molecule has 1 aromatic heterocycles. The lowest BCUT2D eigenvalue weighted by molar-refractivity contribution is 0.429. The Morgan fingerprint density at radius 3 is 2.53 bits per heavy atom. The van der Waals surface area contributed by atoms with E-state index in [9.17, 15) is 4.39 Å². The Balaban J connectivity index is 2.69. The number of halogens is 1. The van der Waals surface area contributed by atoms with Crippen LogP contribution in [0, 0.1) is 5.82 Å². The third-order valence-corrected chi connectivity index (χ3v) is 2.61.